The van der Waals surface area contributed by atoms with Crippen molar-refractivity contribution in [2.45, 2.75) is 83.6 Å². The van der Waals surface area contributed by atoms with E-state index in [1.807, 2.05) is 6.92 Å². The van der Waals surface area contributed by atoms with Crippen molar-refractivity contribution in [2.24, 2.45) is 11.8 Å². The molecule has 5 atom stereocenters. The van der Waals surface area contributed by atoms with Crippen molar-refractivity contribution in [3.8, 4) is 17.4 Å². The number of ether oxygens (including phenoxy) is 5. The molecule has 5 rings (SSSR count). The highest BCUT2D eigenvalue weighted by Crippen LogP contribution is 2.57. The SMILES string of the molecule is CCCCOc1noc2c1C(=O)[C@@]1(O)C(=O)C3=C(O)c4c(OC(=O)OC(C)(C)C)cc(C(C)OC)c(OC)c4C[C@H]3C[C@H]1[C@@H]2N(C)C. The minimum absolute atomic E-state index is 0.0306. The smallest absolute Gasteiger partial charge is 0.507 e. The molecule has 13 nitrogen and oxygen atoms in total. The summed E-state index contributed by atoms with van der Waals surface area (Å²) in [5.41, 5.74) is -2.61. The Morgan fingerprint density at radius 3 is 2.49 bits per heavy atom. The van der Waals surface area contributed by atoms with E-state index in [0.717, 1.165) is 6.42 Å². The highest BCUT2D eigenvalue weighted by Gasteiger charge is 2.65. The standard InChI is InChI=1S/C34H44N2O11/c1-10-11-12-44-31-24-28(47-35-31)25(36(6)7)20-14-17-13-19-23(26(37)22(17)29(38)34(20,41)30(24)39)21(45-32(40)46-33(3,4)5)15-18(16(2)42-8)27(19)43-9/h15-17,20,25,37,41H,10-14H2,1-9H3/t16?,17-,20-,25-,34-/m0/s1. The monoisotopic (exact) mass is 656 g/mol. The highest BCUT2D eigenvalue weighted by molar-refractivity contribution is 6.26. The number of benzene rings is 1. The van der Waals surface area contributed by atoms with Gasteiger partial charge in [-0.15, -0.1) is 0 Å². The molecule has 2 aromatic rings. The Labute approximate surface area is 273 Å². The van der Waals surface area contributed by atoms with Crippen molar-refractivity contribution in [2.75, 3.05) is 34.9 Å². The lowest BCUT2D eigenvalue weighted by atomic mass is 9.57. The first-order valence-electron chi connectivity index (χ1n) is 15.8. The molecule has 1 heterocycles. The molecule has 1 unspecified atom stereocenters. The number of nitrogens with zero attached hydrogens (tertiary/aromatic N) is 2. The molecule has 0 saturated heterocycles. The number of carbonyl (C=O) groups excluding carboxylic acids is 3. The third-order valence-corrected chi connectivity index (χ3v) is 9.17. The average Bonchev–Trinajstić information content (AvgIpc) is 3.40. The van der Waals surface area contributed by atoms with E-state index in [9.17, 15) is 24.6 Å². The normalized spacial score (nSPS) is 24.3. The van der Waals surface area contributed by atoms with Gasteiger partial charge in [-0.2, -0.15) is 0 Å². The van der Waals surface area contributed by atoms with Gasteiger partial charge in [-0.1, -0.05) is 13.3 Å². The number of hydrogen-bond acceptors (Lipinski definition) is 13. The van der Waals surface area contributed by atoms with E-state index in [4.69, 9.17) is 28.2 Å². The van der Waals surface area contributed by atoms with Gasteiger partial charge in [-0.3, -0.25) is 14.5 Å². The molecule has 1 aromatic heterocycles. The Morgan fingerprint density at radius 2 is 1.89 bits per heavy atom. The van der Waals surface area contributed by atoms with Crippen LogP contribution in [0.4, 0.5) is 4.79 Å². The lowest BCUT2D eigenvalue weighted by Crippen LogP contribution is -2.63. The number of hydrogen-bond donors (Lipinski definition) is 2. The van der Waals surface area contributed by atoms with E-state index in [1.165, 1.54) is 20.3 Å². The van der Waals surface area contributed by atoms with Gasteiger partial charge in [0.1, 0.15) is 28.4 Å². The number of carbonyl (C=O) groups is 3. The first-order valence-corrected chi connectivity index (χ1v) is 15.8. The predicted molar refractivity (Wildman–Crippen MR) is 168 cm³/mol. The van der Waals surface area contributed by atoms with Gasteiger partial charge in [0, 0.05) is 29.7 Å². The molecule has 3 aliphatic rings. The maximum Gasteiger partial charge on any atom is 0.514 e. The van der Waals surface area contributed by atoms with Gasteiger partial charge >= 0.3 is 6.16 Å². The van der Waals surface area contributed by atoms with Crippen LogP contribution in [0.15, 0.2) is 16.2 Å². The van der Waals surface area contributed by atoms with Crippen molar-refractivity contribution in [3.05, 3.63) is 39.7 Å². The Kier molecular flexibility index (Phi) is 9.21. The third-order valence-electron chi connectivity index (χ3n) is 9.17. The first kappa shape index (κ1) is 34.4. The summed E-state index contributed by atoms with van der Waals surface area (Å²) in [5, 5.41) is 28.2. The van der Waals surface area contributed by atoms with Gasteiger partial charge in [0.05, 0.1) is 31.4 Å². The van der Waals surface area contributed by atoms with Crippen molar-refractivity contribution in [1.82, 2.24) is 10.1 Å². The molecule has 256 valence electrons. The average molecular weight is 657 g/mol. The van der Waals surface area contributed by atoms with Crippen molar-refractivity contribution < 1.29 is 52.8 Å². The van der Waals surface area contributed by atoms with Crippen LogP contribution >= 0.6 is 0 Å². The maximum atomic E-state index is 14.5. The summed E-state index contributed by atoms with van der Waals surface area (Å²) in [4.78, 5) is 43.4. The molecule has 0 bridgehead atoms. The van der Waals surface area contributed by atoms with Crippen LogP contribution in [0, 0.1) is 11.8 Å². The van der Waals surface area contributed by atoms with E-state index in [2.05, 4.69) is 5.16 Å². The number of rotatable bonds is 9. The number of aliphatic hydroxyl groups excluding tert-OH is 1. The van der Waals surface area contributed by atoms with Crippen LogP contribution in [0.2, 0.25) is 0 Å². The number of methoxy groups -OCH3 is 2. The molecule has 1 aromatic carbocycles. The molecule has 0 radical (unpaired) electrons. The van der Waals surface area contributed by atoms with Crippen LogP contribution in [0.3, 0.4) is 0 Å². The molecular weight excluding hydrogens is 612 g/mol. The fourth-order valence-corrected chi connectivity index (χ4v) is 7.01. The Morgan fingerprint density at radius 1 is 1.19 bits per heavy atom. The van der Waals surface area contributed by atoms with Gasteiger partial charge in [0.15, 0.2) is 11.4 Å². The molecule has 47 heavy (non-hydrogen) atoms. The van der Waals surface area contributed by atoms with Crippen LogP contribution in [0.25, 0.3) is 5.76 Å². The van der Waals surface area contributed by atoms with Crippen molar-refractivity contribution >= 4 is 23.5 Å². The molecule has 13 heteroatoms. The van der Waals surface area contributed by atoms with Crippen LogP contribution in [0.1, 0.15) is 98.8 Å². The van der Waals surface area contributed by atoms with Gasteiger partial charge < -0.3 is 38.4 Å². The summed E-state index contributed by atoms with van der Waals surface area (Å²) in [6, 6.07) is 0.778. The van der Waals surface area contributed by atoms with E-state index in [0.29, 0.717) is 23.3 Å². The zero-order valence-corrected chi connectivity index (χ0v) is 28.4. The fraction of sp³-hybridized carbons (Fsp3) is 0.588. The summed E-state index contributed by atoms with van der Waals surface area (Å²) in [5.74, 6) is -3.53. The Bertz CT molecular complexity index is 1620. The van der Waals surface area contributed by atoms with E-state index >= 15 is 0 Å². The van der Waals surface area contributed by atoms with E-state index in [1.54, 1.807) is 46.7 Å². The lowest BCUT2D eigenvalue weighted by molar-refractivity contribution is -0.142. The maximum absolute atomic E-state index is 14.5. The molecular formula is C34H44N2O11. The largest absolute Gasteiger partial charge is 0.514 e. The summed E-state index contributed by atoms with van der Waals surface area (Å²) in [6.45, 7) is 9.09. The number of unbranched alkanes of at least 4 members (excludes halogenated alkanes) is 1. The second-order valence-electron chi connectivity index (χ2n) is 13.6. The van der Waals surface area contributed by atoms with Crippen LogP contribution in [-0.2, 0) is 20.7 Å². The van der Waals surface area contributed by atoms with Crippen molar-refractivity contribution in [3.63, 3.8) is 0 Å². The zero-order chi connectivity index (χ0) is 34.6. The predicted octanol–water partition coefficient (Wildman–Crippen LogP) is 5.14. The summed E-state index contributed by atoms with van der Waals surface area (Å²) >= 11 is 0. The molecule has 0 spiro atoms. The Hall–Kier alpha value is -3.94. The lowest BCUT2D eigenvalue weighted by Gasteiger charge is -2.49. The quantitative estimate of drug-likeness (QED) is 0.158. The van der Waals surface area contributed by atoms with Gasteiger partial charge in [-0.25, -0.2) is 4.79 Å². The Balaban J connectivity index is 1.69. The minimum atomic E-state index is -2.56. The van der Waals surface area contributed by atoms with Gasteiger partial charge in [-0.05, 0) is 78.2 Å². The first-order chi connectivity index (χ1) is 22.1. The third kappa shape index (κ3) is 5.67. The summed E-state index contributed by atoms with van der Waals surface area (Å²) in [6.07, 6.45) is 0.287. The fourth-order valence-electron chi connectivity index (χ4n) is 7.01. The summed E-state index contributed by atoms with van der Waals surface area (Å²) < 4.78 is 33.9. The molecule has 1 fully saturated rings. The molecule has 0 aliphatic heterocycles. The molecule has 2 N–H and O–H groups in total. The van der Waals surface area contributed by atoms with Crippen LogP contribution in [-0.4, -0.2) is 84.1 Å². The minimum Gasteiger partial charge on any atom is -0.507 e. The number of aliphatic hydroxyl groups is 2. The summed E-state index contributed by atoms with van der Waals surface area (Å²) in [7, 11) is 6.52. The van der Waals surface area contributed by atoms with Crippen LogP contribution in [0.5, 0.6) is 17.4 Å². The number of ketones is 2. The second kappa shape index (κ2) is 12.6. The van der Waals surface area contributed by atoms with E-state index in [-0.39, 0.29) is 53.5 Å². The topological polar surface area (TPSA) is 167 Å². The molecule has 1 saturated carbocycles. The number of aromatic nitrogens is 1. The van der Waals surface area contributed by atoms with Crippen LogP contribution < -0.4 is 14.2 Å². The molecule has 3 aliphatic carbocycles. The zero-order valence-electron chi connectivity index (χ0n) is 28.4. The number of Topliss-reactive ketones (excluding diaryl/α,β-unsaturated/α-hetero) is 2. The highest BCUT2D eigenvalue weighted by atomic mass is 16.7. The number of fused-ring (bicyclic) bond motifs is 4. The van der Waals surface area contributed by atoms with Gasteiger partial charge in [0.25, 0.3) is 5.88 Å². The van der Waals surface area contributed by atoms with E-state index < -0.39 is 58.7 Å². The van der Waals surface area contributed by atoms with Gasteiger partial charge in [0.2, 0.25) is 11.6 Å². The van der Waals surface area contributed by atoms with Crippen molar-refractivity contribution in [1.29, 1.82) is 0 Å². The second-order valence-corrected chi connectivity index (χ2v) is 13.6. The molecule has 0 amide bonds.